The van der Waals surface area contributed by atoms with Crippen LogP contribution in [0.25, 0.3) is 5.69 Å². The van der Waals surface area contributed by atoms with Gasteiger partial charge in [0.1, 0.15) is 0 Å². The summed E-state index contributed by atoms with van der Waals surface area (Å²) in [5, 5.41) is 6.90. The number of nitrogens with one attached hydrogen (secondary N) is 1. The van der Waals surface area contributed by atoms with Crippen molar-refractivity contribution < 1.29 is 0 Å². The molecule has 0 amide bonds. The first-order valence-corrected chi connectivity index (χ1v) is 7.00. The first-order chi connectivity index (χ1) is 9.42. The molecule has 0 aliphatic carbocycles. The van der Waals surface area contributed by atoms with E-state index in [2.05, 4.69) is 33.7 Å². The zero-order chi connectivity index (χ0) is 12.9. The zero-order valence-electron chi connectivity index (χ0n) is 11.1. The van der Waals surface area contributed by atoms with Gasteiger partial charge in [0.15, 0.2) is 0 Å². The van der Waals surface area contributed by atoms with E-state index in [-0.39, 0.29) is 0 Å². The van der Waals surface area contributed by atoms with Gasteiger partial charge in [-0.3, -0.25) is 0 Å². The maximum atomic E-state index is 4.59. The summed E-state index contributed by atoms with van der Waals surface area (Å²) in [7, 11) is 0. The first kappa shape index (κ1) is 12.4. The molecule has 0 saturated carbocycles. The Bertz CT molecular complexity index is 500. The minimum atomic E-state index is 0.805. The molecule has 0 atom stereocenters. The molecule has 0 bridgehead atoms. The summed E-state index contributed by atoms with van der Waals surface area (Å²) in [4.78, 5) is 0. The van der Waals surface area contributed by atoms with Crippen molar-refractivity contribution in [2.45, 2.75) is 25.8 Å². The highest BCUT2D eigenvalue weighted by Gasteiger charge is 2.09. The van der Waals surface area contributed by atoms with E-state index >= 15 is 0 Å². The smallest absolute Gasteiger partial charge is 0.0781 e. The Labute approximate surface area is 114 Å². The standard InChI is InChI=1S/C15H20N4/c1-3-7-15(8-4-1)19-12-9-14(17-19)13-16-18-10-5-2-6-11-18/h1,3-4,7-9,12,16H,2,5-6,10-11,13H2. The summed E-state index contributed by atoms with van der Waals surface area (Å²) in [5.41, 5.74) is 5.64. The normalized spacial score (nSPS) is 16.6. The SMILES string of the molecule is c1ccc(-n2ccc(CNN3CCCCC3)n2)cc1. The van der Waals surface area contributed by atoms with E-state index in [4.69, 9.17) is 0 Å². The second-order valence-corrected chi connectivity index (χ2v) is 4.97. The molecule has 0 spiro atoms. The van der Waals surface area contributed by atoms with Crippen LogP contribution in [-0.4, -0.2) is 27.9 Å². The second kappa shape index (κ2) is 5.99. The molecule has 1 aliphatic rings. The third-order valence-corrected chi connectivity index (χ3v) is 3.50. The van der Waals surface area contributed by atoms with Crippen molar-refractivity contribution in [3.63, 3.8) is 0 Å². The monoisotopic (exact) mass is 256 g/mol. The number of hydrazine groups is 1. The molecule has 19 heavy (non-hydrogen) atoms. The Morgan fingerprint density at radius 2 is 1.79 bits per heavy atom. The van der Waals surface area contributed by atoms with Crippen LogP contribution in [0.4, 0.5) is 0 Å². The fraction of sp³-hybridized carbons (Fsp3) is 0.400. The van der Waals surface area contributed by atoms with Gasteiger partial charge >= 0.3 is 0 Å². The van der Waals surface area contributed by atoms with E-state index in [1.807, 2.05) is 29.1 Å². The molecule has 100 valence electrons. The van der Waals surface area contributed by atoms with Crippen molar-refractivity contribution >= 4 is 0 Å². The number of hydrogen-bond donors (Lipinski definition) is 1. The van der Waals surface area contributed by atoms with Crippen LogP contribution in [-0.2, 0) is 6.54 Å². The molecule has 2 aromatic rings. The molecule has 3 rings (SSSR count). The van der Waals surface area contributed by atoms with Gasteiger partial charge in [0.2, 0.25) is 0 Å². The Morgan fingerprint density at radius 1 is 1.00 bits per heavy atom. The number of hydrogen-bond acceptors (Lipinski definition) is 3. The Balaban J connectivity index is 1.59. The molecule has 1 aromatic heterocycles. The molecule has 4 nitrogen and oxygen atoms in total. The lowest BCUT2D eigenvalue weighted by atomic mass is 10.2. The van der Waals surface area contributed by atoms with Crippen LogP contribution in [0, 0.1) is 0 Å². The molecule has 1 fully saturated rings. The quantitative estimate of drug-likeness (QED) is 0.911. The predicted molar refractivity (Wildman–Crippen MR) is 75.8 cm³/mol. The lowest BCUT2D eigenvalue weighted by Gasteiger charge is -2.26. The molecular weight excluding hydrogens is 236 g/mol. The Morgan fingerprint density at radius 3 is 2.58 bits per heavy atom. The van der Waals surface area contributed by atoms with E-state index in [1.165, 1.54) is 19.3 Å². The van der Waals surface area contributed by atoms with Gasteiger partial charge in [0.25, 0.3) is 0 Å². The number of nitrogens with zero attached hydrogens (tertiary/aromatic N) is 3. The van der Waals surface area contributed by atoms with Gasteiger partial charge in [-0.1, -0.05) is 24.6 Å². The van der Waals surface area contributed by atoms with Crippen LogP contribution < -0.4 is 5.43 Å². The summed E-state index contributed by atoms with van der Waals surface area (Å²) >= 11 is 0. The summed E-state index contributed by atoms with van der Waals surface area (Å²) in [5.74, 6) is 0. The minimum Gasteiger partial charge on any atom is -0.249 e. The Kier molecular flexibility index (Phi) is 3.91. The van der Waals surface area contributed by atoms with Gasteiger partial charge in [-0.15, -0.1) is 0 Å². The van der Waals surface area contributed by atoms with E-state index < -0.39 is 0 Å². The number of piperidine rings is 1. The van der Waals surface area contributed by atoms with Crippen molar-refractivity contribution in [3.05, 3.63) is 48.3 Å². The second-order valence-electron chi connectivity index (χ2n) is 4.97. The van der Waals surface area contributed by atoms with Crippen molar-refractivity contribution in [1.82, 2.24) is 20.2 Å². The van der Waals surface area contributed by atoms with Crippen LogP contribution in [0.2, 0.25) is 0 Å². The molecular formula is C15H20N4. The number of aromatic nitrogens is 2. The van der Waals surface area contributed by atoms with Gasteiger partial charge in [-0.2, -0.15) is 5.10 Å². The van der Waals surface area contributed by atoms with Crippen molar-refractivity contribution in [1.29, 1.82) is 0 Å². The molecule has 0 unspecified atom stereocenters. The van der Waals surface area contributed by atoms with Crippen LogP contribution in [0.5, 0.6) is 0 Å². The van der Waals surface area contributed by atoms with Crippen molar-refractivity contribution in [3.8, 4) is 5.69 Å². The fourth-order valence-corrected chi connectivity index (χ4v) is 2.43. The molecule has 1 N–H and O–H groups in total. The first-order valence-electron chi connectivity index (χ1n) is 7.00. The summed E-state index contributed by atoms with van der Waals surface area (Å²) in [6.07, 6.45) is 5.97. The average molecular weight is 256 g/mol. The average Bonchev–Trinajstić information content (AvgIpc) is 2.96. The van der Waals surface area contributed by atoms with E-state index in [1.54, 1.807) is 0 Å². The molecule has 2 heterocycles. The number of benzene rings is 1. The van der Waals surface area contributed by atoms with Gasteiger partial charge in [-0.05, 0) is 31.0 Å². The topological polar surface area (TPSA) is 33.1 Å². The maximum Gasteiger partial charge on any atom is 0.0781 e. The van der Waals surface area contributed by atoms with Gasteiger partial charge in [-0.25, -0.2) is 15.1 Å². The molecule has 1 aliphatic heterocycles. The zero-order valence-corrected chi connectivity index (χ0v) is 11.1. The van der Waals surface area contributed by atoms with Crippen molar-refractivity contribution in [2.75, 3.05) is 13.1 Å². The van der Waals surface area contributed by atoms with Crippen LogP contribution in [0.1, 0.15) is 25.0 Å². The molecule has 1 aromatic carbocycles. The highest BCUT2D eigenvalue weighted by molar-refractivity contribution is 5.30. The minimum absolute atomic E-state index is 0.805. The van der Waals surface area contributed by atoms with Crippen LogP contribution in [0.3, 0.4) is 0 Å². The van der Waals surface area contributed by atoms with E-state index in [0.717, 1.165) is 31.0 Å². The summed E-state index contributed by atoms with van der Waals surface area (Å²) < 4.78 is 1.92. The van der Waals surface area contributed by atoms with Crippen molar-refractivity contribution in [2.24, 2.45) is 0 Å². The van der Waals surface area contributed by atoms with E-state index in [9.17, 15) is 0 Å². The third kappa shape index (κ3) is 3.22. The van der Waals surface area contributed by atoms with Crippen LogP contribution in [0.15, 0.2) is 42.6 Å². The highest BCUT2D eigenvalue weighted by atomic mass is 15.5. The van der Waals surface area contributed by atoms with Crippen LogP contribution >= 0.6 is 0 Å². The lowest BCUT2D eigenvalue weighted by Crippen LogP contribution is -2.41. The van der Waals surface area contributed by atoms with Gasteiger partial charge in [0.05, 0.1) is 17.9 Å². The largest absolute Gasteiger partial charge is 0.249 e. The number of rotatable bonds is 4. The third-order valence-electron chi connectivity index (χ3n) is 3.50. The predicted octanol–water partition coefficient (Wildman–Crippen LogP) is 2.36. The van der Waals surface area contributed by atoms with Gasteiger partial charge < -0.3 is 0 Å². The maximum absolute atomic E-state index is 4.59. The lowest BCUT2D eigenvalue weighted by molar-refractivity contribution is 0.150. The van der Waals surface area contributed by atoms with Gasteiger partial charge in [0, 0.05) is 19.3 Å². The molecule has 4 heteroatoms. The molecule has 0 radical (unpaired) electrons. The number of para-hydroxylation sites is 1. The fourth-order valence-electron chi connectivity index (χ4n) is 2.43. The van der Waals surface area contributed by atoms with E-state index in [0.29, 0.717) is 0 Å². The summed E-state index contributed by atoms with van der Waals surface area (Å²) in [6.45, 7) is 3.11. The summed E-state index contributed by atoms with van der Waals surface area (Å²) in [6, 6.07) is 12.3. The highest BCUT2D eigenvalue weighted by Crippen LogP contribution is 2.08. The Hall–Kier alpha value is -1.65. The molecule has 1 saturated heterocycles.